The molecule has 0 aromatic heterocycles. The molecule has 0 spiro atoms. The number of hydrogen-bond donors (Lipinski definition) is 1. The number of rotatable bonds is 9. The summed E-state index contributed by atoms with van der Waals surface area (Å²) in [6.45, 7) is 3.88. The van der Waals surface area contributed by atoms with Crippen molar-refractivity contribution in [1.29, 1.82) is 0 Å². The molecule has 0 aliphatic carbocycles. The molecule has 0 radical (unpaired) electrons. The fraction of sp³-hybridized carbons (Fsp3) is 0.316. The van der Waals surface area contributed by atoms with Crippen LogP contribution < -0.4 is 5.32 Å². The summed E-state index contributed by atoms with van der Waals surface area (Å²) in [5, 5.41) is 2.57. The molecule has 0 aliphatic rings. The number of carbonyl (C=O) groups is 1. The maximum Gasteiger partial charge on any atom is 0.252 e. The lowest BCUT2D eigenvalue weighted by molar-refractivity contribution is 0.0956. The van der Waals surface area contributed by atoms with Gasteiger partial charge in [-0.3, -0.25) is 4.79 Å². The third kappa shape index (κ3) is 5.57. The minimum absolute atomic E-state index is 0.0305. The predicted octanol–water partition coefficient (Wildman–Crippen LogP) is 2.57. The number of benzene rings is 2. The smallest absolute Gasteiger partial charge is 0.252 e. The van der Waals surface area contributed by atoms with Gasteiger partial charge in [-0.2, -0.15) is 4.31 Å². The van der Waals surface area contributed by atoms with Crippen molar-refractivity contribution < 1.29 is 21.6 Å². The van der Waals surface area contributed by atoms with Crippen molar-refractivity contribution >= 4 is 37.4 Å². The van der Waals surface area contributed by atoms with E-state index in [2.05, 4.69) is 5.32 Å². The zero-order chi connectivity index (χ0) is 21.7. The Morgan fingerprint density at radius 3 is 2.17 bits per heavy atom. The van der Waals surface area contributed by atoms with Gasteiger partial charge >= 0.3 is 0 Å². The van der Waals surface area contributed by atoms with Gasteiger partial charge in [0.25, 0.3) is 5.91 Å². The molecule has 29 heavy (non-hydrogen) atoms. The van der Waals surface area contributed by atoms with Crippen molar-refractivity contribution in [3.8, 4) is 0 Å². The predicted molar refractivity (Wildman–Crippen MR) is 112 cm³/mol. The van der Waals surface area contributed by atoms with Crippen LogP contribution in [-0.2, 0) is 19.9 Å². The Labute approximate surface area is 176 Å². The SMILES string of the molecule is CCN(CC)S(=O)(=O)c1ccc(Cl)c(C(=O)NCCS(=O)(=O)c2ccccc2)c1. The molecule has 2 aromatic rings. The first-order valence-electron chi connectivity index (χ1n) is 8.99. The zero-order valence-corrected chi connectivity index (χ0v) is 18.5. The normalized spacial score (nSPS) is 12.1. The quantitative estimate of drug-likeness (QED) is 0.622. The molecule has 0 saturated carbocycles. The van der Waals surface area contributed by atoms with E-state index >= 15 is 0 Å². The summed E-state index contributed by atoms with van der Waals surface area (Å²) >= 11 is 6.07. The molecule has 1 amide bonds. The summed E-state index contributed by atoms with van der Waals surface area (Å²) in [4.78, 5) is 12.6. The van der Waals surface area contributed by atoms with Crippen LogP contribution in [0.3, 0.4) is 0 Å². The number of halogens is 1. The van der Waals surface area contributed by atoms with Crippen molar-refractivity contribution in [3.63, 3.8) is 0 Å². The molecule has 0 atom stereocenters. The van der Waals surface area contributed by atoms with Gasteiger partial charge in [-0.1, -0.05) is 43.6 Å². The van der Waals surface area contributed by atoms with Gasteiger partial charge in [0.15, 0.2) is 9.84 Å². The minimum atomic E-state index is -3.75. The Morgan fingerprint density at radius 1 is 0.966 bits per heavy atom. The second kappa shape index (κ2) is 9.71. The van der Waals surface area contributed by atoms with E-state index in [1.54, 1.807) is 32.0 Å². The maximum absolute atomic E-state index is 12.7. The van der Waals surface area contributed by atoms with Gasteiger partial charge in [-0.15, -0.1) is 0 Å². The molecule has 0 fully saturated rings. The minimum Gasteiger partial charge on any atom is -0.351 e. The summed E-state index contributed by atoms with van der Waals surface area (Å²) in [5.41, 5.74) is -0.0305. The van der Waals surface area contributed by atoms with Gasteiger partial charge < -0.3 is 5.32 Å². The molecule has 1 N–H and O–H groups in total. The summed E-state index contributed by atoms with van der Waals surface area (Å²) in [7, 11) is -7.30. The first kappa shape index (κ1) is 23.3. The van der Waals surface area contributed by atoms with Crippen LogP contribution in [0.15, 0.2) is 58.3 Å². The van der Waals surface area contributed by atoms with E-state index in [4.69, 9.17) is 11.6 Å². The highest BCUT2D eigenvalue weighted by atomic mass is 35.5. The number of nitrogens with one attached hydrogen (secondary N) is 1. The monoisotopic (exact) mass is 458 g/mol. The molecule has 7 nitrogen and oxygen atoms in total. The Bertz CT molecular complexity index is 1070. The second-order valence-corrected chi connectivity index (χ2v) is 10.6. The number of carbonyl (C=O) groups excluding carboxylic acids is 1. The number of hydrogen-bond acceptors (Lipinski definition) is 5. The molecule has 0 bridgehead atoms. The number of sulfone groups is 1. The molecule has 10 heteroatoms. The standard InChI is InChI=1S/C19H23ClN2O5S2/c1-3-22(4-2)29(26,27)16-10-11-18(20)17(14-16)19(23)21-12-13-28(24,25)15-8-6-5-7-9-15/h5-11,14H,3-4,12-13H2,1-2H3,(H,21,23). The van der Waals surface area contributed by atoms with E-state index < -0.39 is 25.8 Å². The van der Waals surface area contributed by atoms with Crippen LogP contribution in [0.25, 0.3) is 0 Å². The molecule has 2 rings (SSSR count). The molecule has 0 saturated heterocycles. The van der Waals surface area contributed by atoms with Crippen LogP contribution in [-0.4, -0.2) is 52.4 Å². The van der Waals surface area contributed by atoms with Crippen LogP contribution in [0.4, 0.5) is 0 Å². The molecular weight excluding hydrogens is 436 g/mol. The Hall–Kier alpha value is -1.94. The maximum atomic E-state index is 12.7. The average molecular weight is 459 g/mol. The zero-order valence-electron chi connectivity index (χ0n) is 16.1. The Balaban J connectivity index is 2.15. The van der Waals surface area contributed by atoms with Crippen molar-refractivity contribution in [3.05, 3.63) is 59.1 Å². The first-order chi connectivity index (χ1) is 13.6. The highest BCUT2D eigenvalue weighted by Gasteiger charge is 2.24. The van der Waals surface area contributed by atoms with Crippen molar-refractivity contribution in [2.45, 2.75) is 23.6 Å². The van der Waals surface area contributed by atoms with Gasteiger partial charge in [0.2, 0.25) is 10.0 Å². The number of sulfonamides is 1. The van der Waals surface area contributed by atoms with Crippen LogP contribution in [0, 0.1) is 0 Å². The van der Waals surface area contributed by atoms with E-state index in [0.717, 1.165) is 0 Å². The summed E-state index contributed by atoms with van der Waals surface area (Å²) in [6, 6.07) is 11.8. The molecular formula is C19H23ClN2O5S2. The van der Waals surface area contributed by atoms with E-state index in [0.29, 0.717) is 13.1 Å². The average Bonchev–Trinajstić information content (AvgIpc) is 2.69. The van der Waals surface area contributed by atoms with E-state index in [1.165, 1.54) is 34.6 Å². The van der Waals surface area contributed by atoms with Gasteiger partial charge in [-0.25, -0.2) is 16.8 Å². The van der Waals surface area contributed by atoms with E-state index in [9.17, 15) is 21.6 Å². The van der Waals surface area contributed by atoms with Crippen LogP contribution in [0.2, 0.25) is 5.02 Å². The fourth-order valence-electron chi connectivity index (χ4n) is 2.69. The second-order valence-electron chi connectivity index (χ2n) is 6.12. The largest absolute Gasteiger partial charge is 0.351 e. The van der Waals surface area contributed by atoms with Crippen LogP contribution in [0.1, 0.15) is 24.2 Å². The number of nitrogens with zero attached hydrogens (tertiary/aromatic N) is 1. The summed E-state index contributed by atoms with van der Waals surface area (Å²) < 4.78 is 51.1. The first-order valence-corrected chi connectivity index (χ1v) is 12.5. The summed E-state index contributed by atoms with van der Waals surface area (Å²) in [6.07, 6.45) is 0. The summed E-state index contributed by atoms with van der Waals surface area (Å²) in [5.74, 6) is -0.937. The van der Waals surface area contributed by atoms with Crippen molar-refractivity contribution in [2.24, 2.45) is 0 Å². The molecule has 2 aromatic carbocycles. The van der Waals surface area contributed by atoms with E-state index in [1.807, 2.05) is 0 Å². The highest BCUT2D eigenvalue weighted by molar-refractivity contribution is 7.91. The van der Waals surface area contributed by atoms with Gasteiger partial charge in [0.05, 0.1) is 26.1 Å². The lowest BCUT2D eigenvalue weighted by Gasteiger charge is -2.19. The van der Waals surface area contributed by atoms with E-state index in [-0.39, 0.29) is 32.7 Å². The Morgan fingerprint density at radius 2 is 1.59 bits per heavy atom. The topological polar surface area (TPSA) is 101 Å². The lowest BCUT2D eigenvalue weighted by atomic mass is 10.2. The van der Waals surface area contributed by atoms with Crippen LogP contribution in [0.5, 0.6) is 0 Å². The van der Waals surface area contributed by atoms with Gasteiger partial charge in [-0.05, 0) is 30.3 Å². The third-order valence-corrected chi connectivity index (χ3v) is 8.39. The molecule has 0 heterocycles. The van der Waals surface area contributed by atoms with Crippen molar-refractivity contribution in [1.82, 2.24) is 9.62 Å². The Kier molecular flexibility index (Phi) is 7.81. The van der Waals surface area contributed by atoms with Gasteiger partial charge in [0, 0.05) is 19.6 Å². The third-order valence-electron chi connectivity index (χ3n) is 4.28. The highest BCUT2D eigenvalue weighted by Crippen LogP contribution is 2.23. The molecule has 0 unspecified atom stereocenters. The van der Waals surface area contributed by atoms with Crippen molar-refractivity contribution in [2.75, 3.05) is 25.4 Å². The van der Waals surface area contributed by atoms with Gasteiger partial charge in [0.1, 0.15) is 0 Å². The number of amides is 1. The molecule has 0 aliphatic heterocycles. The lowest BCUT2D eigenvalue weighted by Crippen LogP contribution is -2.32. The molecule has 158 valence electrons. The van der Waals surface area contributed by atoms with Crippen LogP contribution >= 0.6 is 11.6 Å². The fourth-order valence-corrected chi connectivity index (χ4v) is 5.56.